The van der Waals surface area contributed by atoms with Crippen molar-refractivity contribution in [2.45, 2.75) is 19.3 Å². The maximum absolute atomic E-state index is 12.3. The van der Waals surface area contributed by atoms with Crippen LogP contribution in [0.5, 0.6) is 0 Å². The van der Waals surface area contributed by atoms with Crippen LogP contribution in [0.3, 0.4) is 0 Å². The number of aromatic nitrogens is 1. The number of alkyl halides is 1. The second-order valence-corrected chi connectivity index (χ2v) is 5.89. The molecule has 1 aliphatic heterocycles. The summed E-state index contributed by atoms with van der Waals surface area (Å²) in [5.41, 5.74) is 0.518. The lowest BCUT2D eigenvalue weighted by Crippen LogP contribution is -2.40. The molecule has 0 radical (unpaired) electrons. The minimum Gasteiger partial charge on any atom is -0.337 e. The van der Waals surface area contributed by atoms with E-state index >= 15 is 0 Å². The fraction of sp³-hybridized carbons (Fsp3) is 0.538. The molecule has 0 N–H and O–H groups in total. The third kappa shape index (κ3) is 3.45. The fourth-order valence-corrected chi connectivity index (χ4v) is 2.85. The summed E-state index contributed by atoms with van der Waals surface area (Å²) in [5.74, 6) is 1.24. The molecule has 5 heteroatoms. The van der Waals surface area contributed by atoms with Gasteiger partial charge in [-0.2, -0.15) is 0 Å². The molecule has 2 heterocycles. The number of piperidine rings is 1. The Bertz CT molecular complexity index is 408. The molecule has 0 spiro atoms. The van der Waals surface area contributed by atoms with E-state index in [1.165, 1.54) is 6.42 Å². The molecule has 1 saturated heterocycles. The highest BCUT2D eigenvalue weighted by Crippen LogP contribution is 2.21. The fourth-order valence-electron chi connectivity index (χ4n) is 2.30. The van der Waals surface area contributed by atoms with Gasteiger partial charge in [-0.15, -0.1) is 11.6 Å². The van der Waals surface area contributed by atoms with E-state index in [1.54, 1.807) is 12.3 Å². The van der Waals surface area contributed by atoms with E-state index in [9.17, 15) is 4.79 Å². The minimum atomic E-state index is 0.0294. The summed E-state index contributed by atoms with van der Waals surface area (Å²) >= 11 is 9.09. The molecule has 18 heavy (non-hydrogen) atoms. The van der Waals surface area contributed by atoms with E-state index < -0.39 is 0 Å². The van der Waals surface area contributed by atoms with E-state index in [4.69, 9.17) is 11.6 Å². The highest BCUT2D eigenvalue weighted by Gasteiger charge is 2.24. The number of carbonyl (C=O) groups is 1. The lowest BCUT2D eigenvalue weighted by molar-refractivity contribution is 0.0665. The van der Waals surface area contributed by atoms with E-state index in [1.807, 2.05) is 11.0 Å². The van der Waals surface area contributed by atoms with E-state index in [0.717, 1.165) is 30.4 Å². The Kier molecular flexibility index (Phi) is 5.01. The molecule has 1 atom stereocenters. The van der Waals surface area contributed by atoms with E-state index in [0.29, 0.717) is 17.5 Å². The predicted octanol–water partition coefficient (Wildman–Crippen LogP) is 3.33. The zero-order valence-corrected chi connectivity index (χ0v) is 12.5. The Morgan fingerprint density at radius 1 is 1.56 bits per heavy atom. The van der Waals surface area contributed by atoms with Gasteiger partial charge >= 0.3 is 0 Å². The predicted molar refractivity (Wildman–Crippen MR) is 75.9 cm³/mol. The van der Waals surface area contributed by atoms with Crippen molar-refractivity contribution in [3.8, 4) is 0 Å². The van der Waals surface area contributed by atoms with Crippen molar-refractivity contribution in [2.75, 3.05) is 19.0 Å². The summed E-state index contributed by atoms with van der Waals surface area (Å²) in [6.07, 6.45) is 4.88. The molecule has 0 aromatic carbocycles. The molecular weight excluding hydrogens is 316 g/mol. The van der Waals surface area contributed by atoms with Gasteiger partial charge in [-0.25, -0.2) is 4.98 Å². The number of halogens is 2. The van der Waals surface area contributed by atoms with Crippen molar-refractivity contribution in [1.82, 2.24) is 9.88 Å². The van der Waals surface area contributed by atoms with Crippen LogP contribution in [0.15, 0.2) is 22.8 Å². The quantitative estimate of drug-likeness (QED) is 0.796. The first-order valence-electron chi connectivity index (χ1n) is 6.17. The molecule has 1 aromatic heterocycles. The Morgan fingerprint density at radius 3 is 3.06 bits per heavy atom. The standard InChI is InChI=1S/C13H16BrClN2O/c14-11-3-4-12(16-8-11)13(18)17-7-1-2-10(9-17)5-6-15/h3-4,8,10H,1-2,5-7,9H2. The number of hydrogen-bond donors (Lipinski definition) is 0. The Balaban J connectivity index is 2.02. The molecule has 0 saturated carbocycles. The van der Waals surface area contributed by atoms with Crippen molar-refractivity contribution >= 4 is 33.4 Å². The van der Waals surface area contributed by atoms with Crippen molar-refractivity contribution in [3.63, 3.8) is 0 Å². The van der Waals surface area contributed by atoms with Gasteiger partial charge in [0, 0.05) is 29.6 Å². The first kappa shape index (κ1) is 13.8. The number of hydrogen-bond acceptors (Lipinski definition) is 2. The van der Waals surface area contributed by atoms with Crippen molar-refractivity contribution in [2.24, 2.45) is 5.92 Å². The van der Waals surface area contributed by atoms with Gasteiger partial charge in [-0.1, -0.05) is 0 Å². The number of nitrogens with zero attached hydrogens (tertiary/aromatic N) is 2. The molecule has 1 aliphatic rings. The minimum absolute atomic E-state index is 0.0294. The topological polar surface area (TPSA) is 33.2 Å². The molecule has 1 unspecified atom stereocenters. The van der Waals surface area contributed by atoms with Crippen LogP contribution in [-0.2, 0) is 0 Å². The second kappa shape index (κ2) is 6.53. The maximum atomic E-state index is 12.3. The molecule has 3 nitrogen and oxygen atoms in total. The normalized spacial score (nSPS) is 19.9. The van der Waals surface area contributed by atoms with E-state index in [2.05, 4.69) is 20.9 Å². The Hall–Kier alpha value is -0.610. The molecule has 0 bridgehead atoms. The summed E-state index contributed by atoms with van der Waals surface area (Å²) < 4.78 is 0.887. The third-order valence-corrected chi connectivity index (χ3v) is 3.96. The molecule has 1 amide bonds. The van der Waals surface area contributed by atoms with Gasteiger partial charge in [0.05, 0.1) is 0 Å². The molecule has 98 valence electrons. The van der Waals surface area contributed by atoms with Crippen LogP contribution in [0.1, 0.15) is 29.8 Å². The van der Waals surface area contributed by atoms with Crippen LogP contribution < -0.4 is 0 Å². The van der Waals surface area contributed by atoms with Gasteiger partial charge in [0.1, 0.15) is 5.69 Å². The number of rotatable bonds is 3. The monoisotopic (exact) mass is 330 g/mol. The van der Waals surface area contributed by atoms with Crippen LogP contribution in [0, 0.1) is 5.92 Å². The van der Waals surface area contributed by atoms with Gasteiger partial charge in [0.2, 0.25) is 0 Å². The molecular formula is C13H16BrClN2O. The van der Waals surface area contributed by atoms with Crippen molar-refractivity contribution in [1.29, 1.82) is 0 Å². The zero-order valence-electron chi connectivity index (χ0n) is 10.1. The maximum Gasteiger partial charge on any atom is 0.272 e. The zero-order chi connectivity index (χ0) is 13.0. The SMILES string of the molecule is O=C(c1ccc(Br)cn1)N1CCCC(CCCl)C1. The third-order valence-electron chi connectivity index (χ3n) is 3.27. The number of pyridine rings is 1. The summed E-state index contributed by atoms with van der Waals surface area (Å²) in [5, 5.41) is 0. The molecule has 2 rings (SSSR count). The van der Waals surface area contributed by atoms with Gasteiger partial charge in [-0.05, 0) is 53.2 Å². The van der Waals surface area contributed by atoms with Crippen LogP contribution in [0.2, 0.25) is 0 Å². The van der Waals surface area contributed by atoms with Crippen molar-refractivity contribution in [3.05, 3.63) is 28.5 Å². The first-order valence-corrected chi connectivity index (χ1v) is 7.50. The summed E-state index contributed by atoms with van der Waals surface area (Å²) in [7, 11) is 0. The number of carbonyl (C=O) groups excluding carboxylic acids is 1. The highest BCUT2D eigenvalue weighted by molar-refractivity contribution is 9.10. The summed E-state index contributed by atoms with van der Waals surface area (Å²) in [6.45, 7) is 1.64. The summed E-state index contributed by atoms with van der Waals surface area (Å²) in [4.78, 5) is 18.3. The lowest BCUT2D eigenvalue weighted by atomic mass is 9.95. The van der Waals surface area contributed by atoms with Crippen LogP contribution >= 0.6 is 27.5 Å². The van der Waals surface area contributed by atoms with Gasteiger partial charge in [0.25, 0.3) is 5.91 Å². The van der Waals surface area contributed by atoms with E-state index in [-0.39, 0.29) is 5.91 Å². The van der Waals surface area contributed by atoms with Gasteiger partial charge in [-0.3, -0.25) is 4.79 Å². The van der Waals surface area contributed by atoms with Crippen molar-refractivity contribution < 1.29 is 4.79 Å². The first-order chi connectivity index (χ1) is 8.70. The number of amides is 1. The van der Waals surface area contributed by atoms with Gasteiger partial charge < -0.3 is 4.90 Å². The Labute approximate surface area is 121 Å². The Morgan fingerprint density at radius 2 is 2.39 bits per heavy atom. The largest absolute Gasteiger partial charge is 0.337 e. The number of likely N-dealkylation sites (tertiary alicyclic amines) is 1. The lowest BCUT2D eigenvalue weighted by Gasteiger charge is -2.32. The summed E-state index contributed by atoms with van der Waals surface area (Å²) in [6, 6.07) is 3.61. The molecule has 1 fully saturated rings. The van der Waals surface area contributed by atoms with Crippen LogP contribution in [0.25, 0.3) is 0 Å². The molecule has 1 aromatic rings. The average molecular weight is 332 g/mol. The smallest absolute Gasteiger partial charge is 0.272 e. The van der Waals surface area contributed by atoms with Crippen LogP contribution in [-0.4, -0.2) is 34.8 Å². The van der Waals surface area contributed by atoms with Gasteiger partial charge in [0.15, 0.2) is 0 Å². The molecule has 0 aliphatic carbocycles. The second-order valence-electron chi connectivity index (χ2n) is 4.60. The average Bonchev–Trinajstić information content (AvgIpc) is 2.39. The van der Waals surface area contributed by atoms with Crippen LogP contribution in [0.4, 0.5) is 0 Å². The highest BCUT2D eigenvalue weighted by atomic mass is 79.9.